The van der Waals surface area contributed by atoms with Gasteiger partial charge in [-0.25, -0.2) is 19.9 Å². The van der Waals surface area contributed by atoms with Crippen LogP contribution in [0.1, 0.15) is 22.3 Å². The summed E-state index contributed by atoms with van der Waals surface area (Å²) in [6, 6.07) is 63.0. The Hall–Kier alpha value is -8.42. The van der Waals surface area contributed by atoms with Gasteiger partial charge in [-0.05, 0) is 94.0 Å². The summed E-state index contributed by atoms with van der Waals surface area (Å²) in [4.78, 5) is 29.0. The summed E-state index contributed by atoms with van der Waals surface area (Å²) >= 11 is 0. The SMILES string of the molecule is c1ccc(-c2nc(-c3ccccc3)nc(-c3ccc4c(c3)C3(c5ccccc5Oc5ccccc53)c3cc(-c5cc(-c6ccncc6)nc(-c6ccncc6)c5)ccc3-4)n2)cc1. The molecule has 0 bridgehead atoms. The van der Waals surface area contributed by atoms with Crippen molar-refractivity contribution >= 4 is 0 Å². The van der Waals surface area contributed by atoms with E-state index in [2.05, 4.69) is 94.9 Å². The molecule has 12 rings (SSSR count). The lowest BCUT2D eigenvalue weighted by molar-refractivity contribution is 0.436. The summed E-state index contributed by atoms with van der Waals surface area (Å²) in [7, 11) is 0. The molecule has 7 nitrogen and oxygen atoms in total. The van der Waals surface area contributed by atoms with E-state index in [0.717, 1.165) is 89.6 Å². The Morgan fingerprint density at radius 1 is 0.306 bits per heavy atom. The molecule has 0 atom stereocenters. The van der Waals surface area contributed by atoms with Crippen LogP contribution in [0.3, 0.4) is 0 Å². The molecule has 6 aromatic carbocycles. The van der Waals surface area contributed by atoms with Crippen LogP contribution in [0.5, 0.6) is 11.5 Å². The van der Waals surface area contributed by atoms with Crippen molar-refractivity contribution in [2.75, 3.05) is 0 Å². The first-order valence-corrected chi connectivity index (χ1v) is 20.6. The average molecular weight is 795 g/mol. The van der Waals surface area contributed by atoms with Gasteiger partial charge in [-0.15, -0.1) is 0 Å². The Labute approximate surface area is 358 Å². The highest BCUT2D eigenvalue weighted by Gasteiger charge is 2.51. The standard InChI is InChI=1S/C55H34N6O/c1-3-11-37(12-4-1)52-59-53(38-13-5-2-6-14-38)61-54(60-52)40-20-22-43-42-21-19-39(41-33-48(35-23-27-56-28-24-35)58-49(34-41)36-25-29-57-30-26-36)31-46(42)55(47(43)32-40)44-15-7-9-17-50(44)62-51-18-10-8-16-45(51)55/h1-34H. The van der Waals surface area contributed by atoms with Gasteiger partial charge in [0.15, 0.2) is 17.5 Å². The number of aromatic nitrogens is 6. The van der Waals surface area contributed by atoms with Crippen LogP contribution in [0.25, 0.3) is 78.9 Å². The maximum absolute atomic E-state index is 6.73. The van der Waals surface area contributed by atoms with Crippen molar-refractivity contribution in [3.8, 4) is 90.4 Å². The van der Waals surface area contributed by atoms with Crippen LogP contribution >= 0.6 is 0 Å². The third kappa shape index (κ3) is 5.74. The first kappa shape index (κ1) is 35.5. The molecule has 0 saturated heterocycles. The molecule has 290 valence electrons. The molecule has 10 aromatic rings. The average Bonchev–Trinajstić information content (AvgIpc) is 3.64. The van der Waals surface area contributed by atoms with Gasteiger partial charge in [0, 0.05) is 63.7 Å². The normalized spacial score (nSPS) is 12.8. The van der Waals surface area contributed by atoms with E-state index in [1.54, 1.807) is 0 Å². The van der Waals surface area contributed by atoms with Crippen molar-refractivity contribution < 1.29 is 4.74 Å². The summed E-state index contributed by atoms with van der Waals surface area (Å²) in [5.74, 6) is 3.48. The molecule has 0 N–H and O–H groups in total. The van der Waals surface area contributed by atoms with Crippen LogP contribution < -0.4 is 4.74 Å². The van der Waals surface area contributed by atoms with Gasteiger partial charge in [-0.2, -0.15) is 0 Å². The van der Waals surface area contributed by atoms with Crippen LogP contribution in [-0.4, -0.2) is 29.9 Å². The Morgan fingerprint density at radius 2 is 0.742 bits per heavy atom. The lowest BCUT2D eigenvalue weighted by Crippen LogP contribution is -2.32. The second-order valence-electron chi connectivity index (χ2n) is 15.5. The summed E-state index contributed by atoms with van der Waals surface area (Å²) in [6.45, 7) is 0. The minimum atomic E-state index is -0.742. The maximum atomic E-state index is 6.73. The van der Waals surface area contributed by atoms with E-state index in [9.17, 15) is 0 Å². The zero-order chi connectivity index (χ0) is 41.0. The molecule has 1 aliphatic carbocycles. The van der Waals surface area contributed by atoms with Crippen molar-refractivity contribution in [1.82, 2.24) is 29.9 Å². The summed E-state index contributed by atoms with van der Waals surface area (Å²) in [5.41, 5.74) is 14.6. The highest BCUT2D eigenvalue weighted by Crippen LogP contribution is 2.62. The Kier molecular flexibility index (Phi) is 8.25. The number of pyridine rings is 3. The minimum Gasteiger partial charge on any atom is -0.457 e. The van der Waals surface area contributed by atoms with Crippen LogP contribution in [0.4, 0.5) is 0 Å². The molecule has 0 amide bonds. The van der Waals surface area contributed by atoms with E-state index in [0.29, 0.717) is 17.5 Å². The molecule has 0 unspecified atom stereocenters. The number of benzene rings is 6. The van der Waals surface area contributed by atoms with Crippen molar-refractivity contribution in [3.05, 3.63) is 229 Å². The number of hydrogen-bond donors (Lipinski definition) is 0. The summed E-state index contributed by atoms with van der Waals surface area (Å²) in [6.07, 6.45) is 7.23. The summed E-state index contributed by atoms with van der Waals surface area (Å²) in [5, 5.41) is 0. The van der Waals surface area contributed by atoms with Crippen molar-refractivity contribution in [3.63, 3.8) is 0 Å². The van der Waals surface area contributed by atoms with E-state index >= 15 is 0 Å². The molecule has 7 heteroatoms. The largest absolute Gasteiger partial charge is 0.457 e. The quantitative estimate of drug-likeness (QED) is 0.166. The third-order valence-electron chi connectivity index (χ3n) is 12.0. The van der Waals surface area contributed by atoms with E-state index in [-0.39, 0.29) is 0 Å². The number of fused-ring (bicyclic) bond motifs is 9. The van der Waals surface area contributed by atoms with Gasteiger partial charge >= 0.3 is 0 Å². The Bertz CT molecular complexity index is 2980. The van der Waals surface area contributed by atoms with Crippen LogP contribution in [0, 0.1) is 0 Å². The minimum absolute atomic E-state index is 0.602. The first-order valence-electron chi connectivity index (χ1n) is 20.6. The lowest BCUT2D eigenvalue weighted by atomic mass is 9.65. The van der Waals surface area contributed by atoms with E-state index in [1.165, 1.54) is 5.56 Å². The molecule has 0 radical (unpaired) electrons. The predicted octanol–water partition coefficient (Wildman–Crippen LogP) is 12.5. The molecule has 4 aromatic heterocycles. The smallest absolute Gasteiger partial charge is 0.164 e. The number of nitrogens with zero attached hydrogens (tertiary/aromatic N) is 6. The van der Waals surface area contributed by atoms with E-state index in [4.69, 9.17) is 24.7 Å². The lowest BCUT2D eigenvalue weighted by Gasteiger charge is -2.39. The first-order chi connectivity index (χ1) is 30.7. The molecule has 2 aliphatic rings. The van der Waals surface area contributed by atoms with Crippen molar-refractivity contribution in [1.29, 1.82) is 0 Å². The van der Waals surface area contributed by atoms with Gasteiger partial charge in [0.2, 0.25) is 0 Å². The van der Waals surface area contributed by atoms with Gasteiger partial charge in [0.1, 0.15) is 11.5 Å². The molecule has 62 heavy (non-hydrogen) atoms. The second kappa shape index (κ2) is 14.4. The molecular formula is C55H34N6O. The molecular weight excluding hydrogens is 761 g/mol. The fourth-order valence-electron chi connectivity index (χ4n) is 9.19. The molecule has 1 aliphatic heterocycles. The van der Waals surface area contributed by atoms with Crippen LogP contribution in [0.15, 0.2) is 207 Å². The van der Waals surface area contributed by atoms with Gasteiger partial charge < -0.3 is 4.74 Å². The third-order valence-corrected chi connectivity index (χ3v) is 12.0. The summed E-state index contributed by atoms with van der Waals surface area (Å²) < 4.78 is 6.73. The topological polar surface area (TPSA) is 86.6 Å². The monoisotopic (exact) mass is 794 g/mol. The predicted molar refractivity (Wildman–Crippen MR) is 243 cm³/mol. The van der Waals surface area contributed by atoms with E-state index < -0.39 is 5.41 Å². The molecule has 0 saturated carbocycles. The number of ether oxygens (including phenoxy) is 1. The van der Waals surface area contributed by atoms with Gasteiger partial charge in [0.05, 0.1) is 16.8 Å². The maximum Gasteiger partial charge on any atom is 0.164 e. The molecule has 0 fully saturated rings. The second-order valence-corrected chi connectivity index (χ2v) is 15.5. The van der Waals surface area contributed by atoms with Crippen molar-refractivity contribution in [2.24, 2.45) is 0 Å². The van der Waals surface area contributed by atoms with Gasteiger partial charge in [-0.3, -0.25) is 9.97 Å². The van der Waals surface area contributed by atoms with E-state index in [1.807, 2.05) is 122 Å². The Morgan fingerprint density at radius 3 is 1.26 bits per heavy atom. The fraction of sp³-hybridized carbons (Fsp3) is 0.0182. The van der Waals surface area contributed by atoms with Gasteiger partial charge in [-0.1, -0.05) is 121 Å². The highest BCUT2D eigenvalue weighted by molar-refractivity contribution is 5.92. The Balaban J connectivity index is 1.11. The van der Waals surface area contributed by atoms with Crippen molar-refractivity contribution in [2.45, 2.75) is 5.41 Å². The zero-order valence-corrected chi connectivity index (χ0v) is 33.2. The molecule has 1 spiro atoms. The number of rotatable bonds is 6. The number of para-hydroxylation sites is 2. The fourth-order valence-corrected chi connectivity index (χ4v) is 9.19. The molecule has 5 heterocycles. The van der Waals surface area contributed by atoms with Crippen LogP contribution in [-0.2, 0) is 5.41 Å². The van der Waals surface area contributed by atoms with Crippen LogP contribution in [0.2, 0.25) is 0 Å². The highest BCUT2D eigenvalue weighted by atomic mass is 16.5. The van der Waals surface area contributed by atoms with Gasteiger partial charge in [0.25, 0.3) is 0 Å². The number of hydrogen-bond acceptors (Lipinski definition) is 7. The zero-order valence-electron chi connectivity index (χ0n) is 33.2.